The summed E-state index contributed by atoms with van der Waals surface area (Å²) in [6.07, 6.45) is 2.53. The number of hydrogen-bond donors (Lipinski definition) is 1. The minimum Gasteiger partial charge on any atom is -0.380 e. The predicted molar refractivity (Wildman–Crippen MR) is 66.6 cm³/mol. The van der Waals surface area contributed by atoms with Gasteiger partial charge in [-0.15, -0.1) is 0 Å². The second-order valence-electron chi connectivity index (χ2n) is 5.88. The summed E-state index contributed by atoms with van der Waals surface area (Å²) >= 11 is 0. The molecule has 0 aromatic heterocycles. The zero-order valence-electron chi connectivity index (χ0n) is 11.0. The molecule has 0 aromatic carbocycles. The zero-order chi connectivity index (χ0) is 11.6. The topological polar surface area (TPSA) is 24.5 Å². The van der Waals surface area contributed by atoms with Crippen molar-refractivity contribution in [3.8, 4) is 0 Å². The minimum atomic E-state index is 0.483. The molecule has 3 heteroatoms. The van der Waals surface area contributed by atoms with Gasteiger partial charge in [0.1, 0.15) is 0 Å². The van der Waals surface area contributed by atoms with Crippen molar-refractivity contribution >= 4 is 0 Å². The highest BCUT2D eigenvalue weighted by Crippen LogP contribution is 2.35. The molecule has 0 aliphatic carbocycles. The van der Waals surface area contributed by atoms with Gasteiger partial charge in [0, 0.05) is 25.7 Å². The molecular weight excluding hydrogens is 200 g/mol. The lowest BCUT2D eigenvalue weighted by atomic mass is 9.76. The molecule has 0 spiro atoms. The third-order valence-electron chi connectivity index (χ3n) is 4.59. The van der Waals surface area contributed by atoms with Crippen molar-refractivity contribution in [1.29, 1.82) is 0 Å². The monoisotopic (exact) mass is 226 g/mol. The lowest BCUT2D eigenvalue weighted by Crippen LogP contribution is -2.45. The average molecular weight is 226 g/mol. The zero-order valence-corrected chi connectivity index (χ0v) is 11.0. The lowest BCUT2D eigenvalue weighted by Gasteiger charge is -2.38. The smallest absolute Gasteiger partial charge is 0.0622 e. The average Bonchev–Trinajstić information content (AvgIpc) is 2.88. The summed E-state index contributed by atoms with van der Waals surface area (Å²) in [7, 11) is 2.27. The Hall–Kier alpha value is -0.120. The molecule has 2 saturated heterocycles. The first-order chi connectivity index (χ1) is 7.64. The van der Waals surface area contributed by atoms with Crippen molar-refractivity contribution in [2.45, 2.75) is 32.7 Å². The van der Waals surface area contributed by atoms with Gasteiger partial charge in [-0.1, -0.05) is 13.8 Å². The fourth-order valence-corrected chi connectivity index (χ4v) is 3.07. The van der Waals surface area contributed by atoms with Crippen LogP contribution in [0.1, 0.15) is 26.7 Å². The minimum absolute atomic E-state index is 0.483. The van der Waals surface area contributed by atoms with Crippen molar-refractivity contribution in [2.24, 2.45) is 11.3 Å². The summed E-state index contributed by atoms with van der Waals surface area (Å²) in [5.74, 6) is 0.757. The summed E-state index contributed by atoms with van der Waals surface area (Å²) in [6.45, 7) is 10.2. The summed E-state index contributed by atoms with van der Waals surface area (Å²) < 4.78 is 5.48. The van der Waals surface area contributed by atoms with E-state index in [0.717, 1.165) is 19.1 Å². The molecule has 2 fully saturated rings. The van der Waals surface area contributed by atoms with Gasteiger partial charge in [0.25, 0.3) is 0 Å². The number of likely N-dealkylation sites (N-methyl/N-ethyl adjacent to an activating group) is 1. The number of nitrogens with zero attached hydrogens (tertiary/aromatic N) is 1. The van der Waals surface area contributed by atoms with E-state index in [1.807, 2.05) is 0 Å². The van der Waals surface area contributed by atoms with Gasteiger partial charge >= 0.3 is 0 Å². The standard InChI is InChI=1S/C13H26N2O/c1-11(2)13(5-6-14-9-13)10-15(3)12-4-7-16-8-12/h11-12,14H,4-10H2,1-3H3. The molecule has 94 valence electrons. The lowest BCUT2D eigenvalue weighted by molar-refractivity contribution is 0.0948. The largest absolute Gasteiger partial charge is 0.380 e. The van der Waals surface area contributed by atoms with Crippen LogP contribution in [-0.4, -0.2) is 50.8 Å². The van der Waals surface area contributed by atoms with Crippen molar-refractivity contribution in [2.75, 3.05) is 39.9 Å². The Labute approximate surface area is 99.5 Å². The maximum Gasteiger partial charge on any atom is 0.0622 e. The van der Waals surface area contributed by atoms with E-state index in [-0.39, 0.29) is 0 Å². The van der Waals surface area contributed by atoms with Crippen LogP contribution in [0.15, 0.2) is 0 Å². The van der Waals surface area contributed by atoms with Crippen molar-refractivity contribution in [1.82, 2.24) is 10.2 Å². The van der Waals surface area contributed by atoms with E-state index in [0.29, 0.717) is 11.5 Å². The quantitative estimate of drug-likeness (QED) is 0.783. The van der Waals surface area contributed by atoms with Crippen LogP contribution in [0.4, 0.5) is 0 Å². The van der Waals surface area contributed by atoms with Gasteiger partial charge in [-0.25, -0.2) is 0 Å². The van der Waals surface area contributed by atoms with E-state index < -0.39 is 0 Å². The Bertz CT molecular complexity index is 218. The summed E-state index contributed by atoms with van der Waals surface area (Å²) in [5.41, 5.74) is 0.483. The van der Waals surface area contributed by atoms with Gasteiger partial charge in [-0.3, -0.25) is 0 Å². The third kappa shape index (κ3) is 2.41. The molecule has 2 heterocycles. The fraction of sp³-hybridized carbons (Fsp3) is 1.00. The first kappa shape index (κ1) is 12.3. The molecule has 0 radical (unpaired) electrons. The molecule has 16 heavy (non-hydrogen) atoms. The summed E-state index contributed by atoms with van der Waals surface area (Å²) in [5, 5.41) is 3.53. The highest BCUT2D eigenvalue weighted by Gasteiger charge is 2.39. The second kappa shape index (κ2) is 5.03. The van der Waals surface area contributed by atoms with E-state index in [4.69, 9.17) is 4.74 Å². The highest BCUT2D eigenvalue weighted by atomic mass is 16.5. The Morgan fingerprint density at radius 3 is 2.81 bits per heavy atom. The second-order valence-corrected chi connectivity index (χ2v) is 5.88. The maximum absolute atomic E-state index is 5.48. The fourth-order valence-electron chi connectivity index (χ4n) is 3.07. The number of nitrogens with one attached hydrogen (secondary N) is 1. The molecule has 0 bridgehead atoms. The van der Waals surface area contributed by atoms with Crippen LogP contribution in [0, 0.1) is 11.3 Å². The van der Waals surface area contributed by atoms with Crippen LogP contribution in [0.25, 0.3) is 0 Å². The molecule has 2 aliphatic heterocycles. The Morgan fingerprint density at radius 1 is 1.50 bits per heavy atom. The van der Waals surface area contributed by atoms with Gasteiger partial charge in [0.2, 0.25) is 0 Å². The van der Waals surface area contributed by atoms with Crippen LogP contribution in [0.2, 0.25) is 0 Å². The molecule has 2 rings (SSSR count). The number of hydrogen-bond acceptors (Lipinski definition) is 3. The van der Waals surface area contributed by atoms with Gasteiger partial charge in [-0.05, 0) is 37.8 Å². The van der Waals surface area contributed by atoms with Gasteiger partial charge in [0.15, 0.2) is 0 Å². The van der Waals surface area contributed by atoms with E-state index in [1.54, 1.807) is 0 Å². The highest BCUT2D eigenvalue weighted by molar-refractivity contribution is 4.93. The van der Waals surface area contributed by atoms with Crippen LogP contribution in [0.5, 0.6) is 0 Å². The van der Waals surface area contributed by atoms with Crippen molar-refractivity contribution < 1.29 is 4.74 Å². The summed E-state index contributed by atoms with van der Waals surface area (Å²) in [6, 6.07) is 0.649. The SMILES string of the molecule is CC(C)C1(CN(C)C2CCOC2)CCNC1. The molecular formula is C13H26N2O. The van der Waals surface area contributed by atoms with Crippen molar-refractivity contribution in [3.05, 3.63) is 0 Å². The van der Waals surface area contributed by atoms with E-state index in [2.05, 4.69) is 31.1 Å². The van der Waals surface area contributed by atoms with E-state index in [1.165, 1.54) is 32.5 Å². The molecule has 3 nitrogen and oxygen atoms in total. The Morgan fingerprint density at radius 2 is 2.31 bits per heavy atom. The maximum atomic E-state index is 5.48. The Kier molecular flexibility index (Phi) is 3.88. The van der Waals surface area contributed by atoms with Crippen molar-refractivity contribution in [3.63, 3.8) is 0 Å². The molecule has 2 aliphatic rings. The molecule has 1 N–H and O–H groups in total. The molecule has 0 saturated carbocycles. The first-order valence-corrected chi connectivity index (χ1v) is 6.63. The molecule has 0 amide bonds. The third-order valence-corrected chi connectivity index (χ3v) is 4.59. The van der Waals surface area contributed by atoms with E-state index in [9.17, 15) is 0 Å². The van der Waals surface area contributed by atoms with Crippen LogP contribution >= 0.6 is 0 Å². The van der Waals surface area contributed by atoms with Crippen LogP contribution in [-0.2, 0) is 4.74 Å². The van der Waals surface area contributed by atoms with Gasteiger partial charge in [-0.2, -0.15) is 0 Å². The van der Waals surface area contributed by atoms with E-state index >= 15 is 0 Å². The van der Waals surface area contributed by atoms with Gasteiger partial charge < -0.3 is 15.0 Å². The first-order valence-electron chi connectivity index (χ1n) is 6.63. The molecule has 0 aromatic rings. The predicted octanol–water partition coefficient (Wildman–Crippen LogP) is 1.34. The van der Waals surface area contributed by atoms with Gasteiger partial charge in [0.05, 0.1) is 6.61 Å². The summed E-state index contributed by atoms with van der Waals surface area (Å²) in [4.78, 5) is 2.53. The normalized spacial score (nSPS) is 35.4. The van der Waals surface area contributed by atoms with Crippen LogP contribution < -0.4 is 5.32 Å². The number of rotatable bonds is 4. The molecule has 2 unspecified atom stereocenters. The Balaban J connectivity index is 1.94. The molecule has 2 atom stereocenters. The van der Waals surface area contributed by atoms with Crippen LogP contribution in [0.3, 0.4) is 0 Å². The number of ether oxygens (including phenoxy) is 1.